The van der Waals surface area contributed by atoms with Crippen molar-refractivity contribution in [1.29, 1.82) is 0 Å². The van der Waals surface area contributed by atoms with Crippen LogP contribution in [0.4, 0.5) is 0 Å². The molecule has 0 saturated carbocycles. The Hall–Kier alpha value is -1.55. The van der Waals surface area contributed by atoms with E-state index in [0.29, 0.717) is 26.1 Å². The van der Waals surface area contributed by atoms with Gasteiger partial charge in [-0.1, -0.05) is 25.1 Å². The molecule has 0 amide bonds. The first-order valence-corrected chi connectivity index (χ1v) is 7.74. The molecule has 0 saturated heterocycles. The molecule has 21 heavy (non-hydrogen) atoms. The molecule has 1 atom stereocenters. The molecule has 0 bridgehead atoms. The number of rotatable bonds is 10. The number of carbonyl (C=O) groups excluding carboxylic acids is 1. The van der Waals surface area contributed by atoms with E-state index in [9.17, 15) is 9.90 Å². The van der Waals surface area contributed by atoms with Crippen molar-refractivity contribution in [3.05, 3.63) is 29.8 Å². The molecule has 1 unspecified atom stereocenters. The Labute approximate surface area is 127 Å². The molecular weight excluding hydrogens is 268 g/mol. The molecule has 0 radical (unpaired) electrons. The zero-order chi connectivity index (χ0) is 15.5. The highest BCUT2D eigenvalue weighted by Crippen LogP contribution is 2.26. The Morgan fingerprint density at radius 1 is 1.19 bits per heavy atom. The molecule has 0 aliphatic rings. The predicted octanol–water partition coefficient (Wildman–Crippen LogP) is 3.63. The Morgan fingerprint density at radius 2 is 1.95 bits per heavy atom. The number of para-hydroxylation sites is 1. The van der Waals surface area contributed by atoms with Gasteiger partial charge in [-0.2, -0.15) is 0 Å². The molecule has 0 aliphatic carbocycles. The Bertz CT molecular complexity index is 417. The maximum Gasteiger partial charge on any atom is 0.305 e. The molecular formula is C17H26O4. The summed E-state index contributed by atoms with van der Waals surface area (Å²) >= 11 is 0. The van der Waals surface area contributed by atoms with Gasteiger partial charge < -0.3 is 14.6 Å². The van der Waals surface area contributed by atoms with Crippen LogP contribution in [0.15, 0.2) is 24.3 Å². The number of esters is 1. The van der Waals surface area contributed by atoms with Crippen LogP contribution in [0.2, 0.25) is 0 Å². The highest BCUT2D eigenvalue weighted by Gasteiger charge is 2.10. The molecule has 1 aromatic carbocycles. The summed E-state index contributed by atoms with van der Waals surface area (Å²) in [7, 11) is 0. The van der Waals surface area contributed by atoms with Crippen molar-refractivity contribution in [2.45, 2.75) is 52.1 Å². The van der Waals surface area contributed by atoms with Gasteiger partial charge in [-0.15, -0.1) is 0 Å². The van der Waals surface area contributed by atoms with Gasteiger partial charge in [-0.25, -0.2) is 0 Å². The fourth-order valence-electron chi connectivity index (χ4n) is 2.07. The van der Waals surface area contributed by atoms with Gasteiger partial charge in [-0.3, -0.25) is 4.79 Å². The lowest BCUT2D eigenvalue weighted by Crippen LogP contribution is -2.05. The van der Waals surface area contributed by atoms with Gasteiger partial charge in [0.15, 0.2) is 0 Å². The summed E-state index contributed by atoms with van der Waals surface area (Å²) < 4.78 is 10.6. The van der Waals surface area contributed by atoms with Crippen molar-refractivity contribution in [3.8, 4) is 5.75 Å². The molecule has 4 heteroatoms. The topological polar surface area (TPSA) is 55.8 Å². The first-order chi connectivity index (χ1) is 10.2. The average molecular weight is 294 g/mol. The molecule has 0 spiro atoms. The van der Waals surface area contributed by atoms with Crippen molar-refractivity contribution < 1.29 is 19.4 Å². The first kappa shape index (κ1) is 17.5. The van der Waals surface area contributed by atoms with E-state index < -0.39 is 6.10 Å². The van der Waals surface area contributed by atoms with Gasteiger partial charge >= 0.3 is 5.97 Å². The van der Waals surface area contributed by atoms with Crippen molar-refractivity contribution in [2.24, 2.45) is 0 Å². The SMILES string of the molecule is CCOC(=O)CCCCCOc1ccccc1C(O)CC. The van der Waals surface area contributed by atoms with Gasteiger partial charge in [0.1, 0.15) is 5.75 Å². The van der Waals surface area contributed by atoms with Crippen LogP contribution in [0, 0.1) is 0 Å². The predicted molar refractivity (Wildman–Crippen MR) is 82.3 cm³/mol. The van der Waals surface area contributed by atoms with Crippen molar-refractivity contribution >= 4 is 5.97 Å². The van der Waals surface area contributed by atoms with Crippen LogP contribution in [0.1, 0.15) is 57.6 Å². The Kier molecular flexibility index (Phi) is 8.51. The minimum absolute atomic E-state index is 0.130. The second-order valence-corrected chi connectivity index (χ2v) is 4.93. The monoisotopic (exact) mass is 294 g/mol. The number of benzene rings is 1. The van der Waals surface area contributed by atoms with Crippen LogP contribution in [-0.4, -0.2) is 24.3 Å². The molecule has 0 heterocycles. The fourth-order valence-corrected chi connectivity index (χ4v) is 2.07. The third kappa shape index (κ3) is 6.63. The molecule has 4 nitrogen and oxygen atoms in total. The zero-order valence-corrected chi connectivity index (χ0v) is 13.0. The highest BCUT2D eigenvalue weighted by atomic mass is 16.5. The molecule has 0 fully saturated rings. The number of aliphatic hydroxyl groups excluding tert-OH is 1. The number of hydrogen-bond acceptors (Lipinski definition) is 4. The summed E-state index contributed by atoms with van der Waals surface area (Å²) in [6.45, 7) is 4.79. The number of hydrogen-bond donors (Lipinski definition) is 1. The van der Waals surface area contributed by atoms with E-state index in [2.05, 4.69) is 0 Å². The van der Waals surface area contributed by atoms with E-state index in [1.54, 1.807) is 0 Å². The second kappa shape index (κ2) is 10.2. The van der Waals surface area contributed by atoms with Gasteiger partial charge in [0, 0.05) is 12.0 Å². The minimum atomic E-state index is -0.481. The standard InChI is InChI=1S/C17H26O4/c1-3-15(18)14-10-7-8-11-16(14)21-13-9-5-6-12-17(19)20-4-2/h7-8,10-11,15,18H,3-6,9,12-13H2,1-2H3. The summed E-state index contributed by atoms with van der Waals surface area (Å²) in [5, 5.41) is 9.93. The van der Waals surface area contributed by atoms with E-state index in [0.717, 1.165) is 30.6 Å². The zero-order valence-electron chi connectivity index (χ0n) is 13.0. The lowest BCUT2D eigenvalue weighted by Gasteiger charge is -2.14. The highest BCUT2D eigenvalue weighted by molar-refractivity contribution is 5.69. The second-order valence-electron chi connectivity index (χ2n) is 4.93. The Balaban J connectivity index is 2.25. The molecule has 0 aliphatic heterocycles. The molecule has 118 valence electrons. The maximum absolute atomic E-state index is 11.2. The van der Waals surface area contributed by atoms with E-state index in [4.69, 9.17) is 9.47 Å². The van der Waals surface area contributed by atoms with Crippen molar-refractivity contribution in [1.82, 2.24) is 0 Å². The minimum Gasteiger partial charge on any atom is -0.493 e. The van der Waals surface area contributed by atoms with E-state index in [1.807, 2.05) is 38.1 Å². The van der Waals surface area contributed by atoms with Gasteiger partial charge in [-0.05, 0) is 38.7 Å². The van der Waals surface area contributed by atoms with E-state index in [-0.39, 0.29) is 5.97 Å². The summed E-state index contributed by atoms with van der Waals surface area (Å²) in [6, 6.07) is 7.58. The third-order valence-electron chi connectivity index (χ3n) is 3.25. The van der Waals surface area contributed by atoms with E-state index >= 15 is 0 Å². The van der Waals surface area contributed by atoms with Crippen LogP contribution in [0.25, 0.3) is 0 Å². The molecule has 1 aromatic rings. The summed E-state index contributed by atoms with van der Waals surface area (Å²) in [6.07, 6.45) is 3.29. The lowest BCUT2D eigenvalue weighted by atomic mass is 10.1. The average Bonchev–Trinajstić information content (AvgIpc) is 2.50. The Morgan fingerprint density at radius 3 is 2.67 bits per heavy atom. The molecule has 0 aromatic heterocycles. The largest absolute Gasteiger partial charge is 0.493 e. The summed E-state index contributed by atoms with van der Waals surface area (Å²) in [4.78, 5) is 11.2. The number of unbranched alkanes of at least 4 members (excludes halogenated alkanes) is 2. The summed E-state index contributed by atoms with van der Waals surface area (Å²) in [5.74, 6) is 0.618. The van der Waals surface area contributed by atoms with Gasteiger partial charge in [0.25, 0.3) is 0 Å². The lowest BCUT2D eigenvalue weighted by molar-refractivity contribution is -0.143. The van der Waals surface area contributed by atoms with E-state index in [1.165, 1.54) is 0 Å². The smallest absolute Gasteiger partial charge is 0.305 e. The van der Waals surface area contributed by atoms with Crippen LogP contribution in [0.5, 0.6) is 5.75 Å². The van der Waals surface area contributed by atoms with Crippen molar-refractivity contribution in [3.63, 3.8) is 0 Å². The molecule has 1 rings (SSSR count). The quantitative estimate of drug-likeness (QED) is 0.529. The number of carbonyl (C=O) groups is 1. The molecule has 1 N–H and O–H groups in total. The normalized spacial score (nSPS) is 12.0. The maximum atomic E-state index is 11.2. The first-order valence-electron chi connectivity index (χ1n) is 7.74. The van der Waals surface area contributed by atoms with Crippen LogP contribution < -0.4 is 4.74 Å². The van der Waals surface area contributed by atoms with Gasteiger partial charge in [0.2, 0.25) is 0 Å². The van der Waals surface area contributed by atoms with Crippen LogP contribution in [0.3, 0.4) is 0 Å². The summed E-state index contributed by atoms with van der Waals surface area (Å²) in [5.41, 5.74) is 0.839. The van der Waals surface area contributed by atoms with Crippen LogP contribution >= 0.6 is 0 Å². The van der Waals surface area contributed by atoms with Gasteiger partial charge in [0.05, 0.1) is 19.3 Å². The fraction of sp³-hybridized carbons (Fsp3) is 0.588. The van der Waals surface area contributed by atoms with Crippen molar-refractivity contribution in [2.75, 3.05) is 13.2 Å². The van der Waals surface area contributed by atoms with Crippen LogP contribution in [-0.2, 0) is 9.53 Å². The number of aliphatic hydroxyl groups is 1. The number of ether oxygens (including phenoxy) is 2. The third-order valence-corrected chi connectivity index (χ3v) is 3.25.